The maximum Gasteiger partial charge on any atom is 0.341 e. The molecule has 2 rings (SSSR count). The van der Waals surface area contributed by atoms with Gasteiger partial charge in [0.1, 0.15) is 11.3 Å². The van der Waals surface area contributed by atoms with E-state index < -0.39 is 5.97 Å². The highest BCUT2D eigenvalue weighted by Gasteiger charge is 2.41. The average molecular weight is 236 g/mol. The van der Waals surface area contributed by atoms with Crippen LogP contribution in [0.15, 0.2) is 18.2 Å². The molecular formula is C13H16O4. The number of phenols is 1. The fourth-order valence-corrected chi connectivity index (χ4v) is 1.97. The van der Waals surface area contributed by atoms with Crippen molar-refractivity contribution in [3.63, 3.8) is 0 Å². The number of rotatable bonds is 4. The van der Waals surface area contributed by atoms with Crippen molar-refractivity contribution in [2.75, 3.05) is 13.7 Å². The van der Waals surface area contributed by atoms with E-state index in [1.807, 2.05) is 0 Å². The van der Waals surface area contributed by atoms with Gasteiger partial charge in [-0.3, -0.25) is 0 Å². The SMILES string of the molecule is COC(=O)c1cc(CC2(CO)CC2)ccc1O. The number of hydrogen-bond donors (Lipinski definition) is 2. The van der Waals surface area contributed by atoms with E-state index in [2.05, 4.69) is 4.74 Å². The van der Waals surface area contributed by atoms with E-state index in [0.717, 1.165) is 24.8 Å². The molecule has 0 saturated heterocycles. The molecular weight excluding hydrogens is 220 g/mol. The predicted octanol–water partition coefficient (Wildman–Crippen LogP) is 1.49. The maximum atomic E-state index is 11.4. The Morgan fingerprint density at radius 3 is 2.71 bits per heavy atom. The molecule has 0 spiro atoms. The van der Waals surface area contributed by atoms with Crippen LogP contribution in [0.2, 0.25) is 0 Å². The normalized spacial score (nSPS) is 16.6. The second kappa shape index (κ2) is 4.37. The summed E-state index contributed by atoms with van der Waals surface area (Å²) < 4.78 is 4.60. The van der Waals surface area contributed by atoms with Gasteiger partial charge in [-0.25, -0.2) is 4.79 Å². The lowest BCUT2D eigenvalue weighted by Gasteiger charge is -2.12. The summed E-state index contributed by atoms with van der Waals surface area (Å²) in [4.78, 5) is 11.4. The van der Waals surface area contributed by atoms with E-state index in [1.165, 1.54) is 13.2 Å². The van der Waals surface area contributed by atoms with Gasteiger partial charge in [-0.15, -0.1) is 0 Å². The molecule has 0 atom stereocenters. The zero-order chi connectivity index (χ0) is 12.5. The minimum absolute atomic E-state index is 0.00956. The van der Waals surface area contributed by atoms with E-state index in [-0.39, 0.29) is 23.3 Å². The van der Waals surface area contributed by atoms with Gasteiger partial charge >= 0.3 is 5.97 Å². The van der Waals surface area contributed by atoms with E-state index in [9.17, 15) is 15.0 Å². The van der Waals surface area contributed by atoms with Crippen LogP contribution in [0.3, 0.4) is 0 Å². The Morgan fingerprint density at radius 2 is 2.18 bits per heavy atom. The van der Waals surface area contributed by atoms with Crippen LogP contribution in [0, 0.1) is 5.41 Å². The zero-order valence-electron chi connectivity index (χ0n) is 9.77. The average Bonchev–Trinajstić information content (AvgIpc) is 3.11. The van der Waals surface area contributed by atoms with Gasteiger partial charge < -0.3 is 14.9 Å². The summed E-state index contributed by atoms with van der Waals surface area (Å²) in [7, 11) is 1.28. The minimum Gasteiger partial charge on any atom is -0.507 e. The van der Waals surface area contributed by atoms with E-state index in [1.54, 1.807) is 12.1 Å². The van der Waals surface area contributed by atoms with Crippen LogP contribution in [0.25, 0.3) is 0 Å². The van der Waals surface area contributed by atoms with Crippen molar-refractivity contribution < 1.29 is 19.7 Å². The Labute approximate surface area is 99.8 Å². The van der Waals surface area contributed by atoms with Crippen LogP contribution in [-0.4, -0.2) is 29.9 Å². The minimum atomic E-state index is -0.543. The third-order valence-electron chi connectivity index (χ3n) is 3.34. The highest BCUT2D eigenvalue weighted by molar-refractivity contribution is 5.92. The monoisotopic (exact) mass is 236 g/mol. The number of esters is 1. The fraction of sp³-hybridized carbons (Fsp3) is 0.462. The number of aliphatic hydroxyl groups excluding tert-OH is 1. The smallest absolute Gasteiger partial charge is 0.341 e. The predicted molar refractivity (Wildman–Crippen MR) is 61.9 cm³/mol. The van der Waals surface area contributed by atoms with Crippen molar-refractivity contribution in [2.24, 2.45) is 5.41 Å². The first kappa shape index (κ1) is 11.9. The van der Waals surface area contributed by atoms with Gasteiger partial charge in [0.25, 0.3) is 0 Å². The summed E-state index contributed by atoms with van der Waals surface area (Å²) in [5, 5.41) is 18.8. The molecule has 0 unspecified atom stereocenters. The van der Waals surface area contributed by atoms with Crippen molar-refractivity contribution in [1.82, 2.24) is 0 Å². The highest BCUT2D eigenvalue weighted by atomic mass is 16.5. The molecule has 1 aromatic carbocycles. The highest BCUT2D eigenvalue weighted by Crippen LogP contribution is 2.48. The third-order valence-corrected chi connectivity index (χ3v) is 3.34. The molecule has 4 heteroatoms. The lowest BCUT2D eigenvalue weighted by Crippen LogP contribution is -2.11. The molecule has 0 amide bonds. The largest absolute Gasteiger partial charge is 0.507 e. The van der Waals surface area contributed by atoms with Gasteiger partial charge in [0.05, 0.1) is 7.11 Å². The number of carbonyl (C=O) groups is 1. The maximum absolute atomic E-state index is 11.4. The lowest BCUT2D eigenvalue weighted by atomic mass is 9.96. The third kappa shape index (κ3) is 2.42. The molecule has 0 bridgehead atoms. The molecule has 0 radical (unpaired) electrons. The molecule has 2 N–H and O–H groups in total. The topological polar surface area (TPSA) is 66.8 Å². The molecule has 0 aliphatic heterocycles. The summed E-state index contributed by atoms with van der Waals surface area (Å²) in [5.74, 6) is -0.618. The van der Waals surface area contributed by atoms with Crippen molar-refractivity contribution >= 4 is 5.97 Å². The summed E-state index contributed by atoms with van der Waals surface area (Å²) in [6.45, 7) is 0.168. The first-order chi connectivity index (χ1) is 8.10. The molecule has 1 aliphatic carbocycles. The number of phenolic OH excluding ortho intramolecular Hbond substituents is 1. The molecule has 1 aliphatic rings. The molecule has 1 fully saturated rings. The van der Waals surface area contributed by atoms with Crippen molar-refractivity contribution in [1.29, 1.82) is 0 Å². The van der Waals surface area contributed by atoms with E-state index in [0.29, 0.717) is 0 Å². The molecule has 4 nitrogen and oxygen atoms in total. The Bertz CT molecular complexity index is 435. The summed E-state index contributed by atoms with van der Waals surface area (Å²) >= 11 is 0. The van der Waals surface area contributed by atoms with Crippen LogP contribution >= 0.6 is 0 Å². The van der Waals surface area contributed by atoms with Crippen LogP contribution in [-0.2, 0) is 11.2 Å². The lowest BCUT2D eigenvalue weighted by molar-refractivity contribution is 0.0597. The standard InChI is InChI=1S/C13H16O4/c1-17-12(16)10-6-9(2-3-11(10)15)7-13(8-14)4-5-13/h2-3,6,14-15H,4-5,7-8H2,1H3. The summed E-state index contributed by atoms with van der Waals surface area (Å²) in [6.07, 6.45) is 2.75. The molecule has 0 heterocycles. The van der Waals surface area contributed by atoms with Gasteiger partial charge in [-0.05, 0) is 42.4 Å². The Hall–Kier alpha value is -1.55. The number of aliphatic hydroxyl groups is 1. The van der Waals surface area contributed by atoms with Gasteiger partial charge in [-0.2, -0.15) is 0 Å². The van der Waals surface area contributed by atoms with Crippen LogP contribution in [0.5, 0.6) is 5.75 Å². The number of aromatic hydroxyl groups is 1. The van der Waals surface area contributed by atoms with E-state index >= 15 is 0 Å². The Kier molecular flexibility index (Phi) is 3.07. The van der Waals surface area contributed by atoms with E-state index in [4.69, 9.17) is 0 Å². The molecule has 0 aromatic heterocycles. The molecule has 17 heavy (non-hydrogen) atoms. The first-order valence-corrected chi connectivity index (χ1v) is 5.61. The second-order valence-corrected chi connectivity index (χ2v) is 4.68. The van der Waals surface area contributed by atoms with Crippen LogP contribution < -0.4 is 0 Å². The number of methoxy groups -OCH3 is 1. The van der Waals surface area contributed by atoms with Crippen molar-refractivity contribution in [3.05, 3.63) is 29.3 Å². The fourth-order valence-electron chi connectivity index (χ4n) is 1.97. The van der Waals surface area contributed by atoms with Gasteiger partial charge in [0.15, 0.2) is 0 Å². The molecule has 92 valence electrons. The first-order valence-electron chi connectivity index (χ1n) is 5.61. The number of benzene rings is 1. The number of carbonyl (C=O) groups excluding carboxylic acids is 1. The number of hydrogen-bond acceptors (Lipinski definition) is 4. The van der Waals surface area contributed by atoms with Crippen molar-refractivity contribution in [3.8, 4) is 5.75 Å². The summed E-state index contributed by atoms with van der Waals surface area (Å²) in [6, 6.07) is 4.91. The van der Waals surface area contributed by atoms with Crippen LogP contribution in [0.1, 0.15) is 28.8 Å². The van der Waals surface area contributed by atoms with Gasteiger partial charge in [0, 0.05) is 6.61 Å². The number of ether oxygens (including phenoxy) is 1. The quantitative estimate of drug-likeness (QED) is 0.777. The van der Waals surface area contributed by atoms with Gasteiger partial charge in [-0.1, -0.05) is 6.07 Å². The van der Waals surface area contributed by atoms with Crippen LogP contribution in [0.4, 0.5) is 0 Å². The summed E-state index contributed by atoms with van der Waals surface area (Å²) in [5.41, 5.74) is 1.11. The Morgan fingerprint density at radius 1 is 1.47 bits per heavy atom. The second-order valence-electron chi connectivity index (χ2n) is 4.68. The zero-order valence-corrected chi connectivity index (χ0v) is 9.77. The van der Waals surface area contributed by atoms with Gasteiger partial charge in [0.2, 0.25) is 0 Å². The van der Waals surface area contributed by atoms with Crippen molar-refractivity contribution in [2.45, 2.75) is 19.3 Å². The molecule has 1 aromatic rings. The molecule has 1 saturated carbocycles. The Balaban J connectivity index is 2.22.